The summed E-state index contributed by atoms with van der Waals surface area (Å²) in [6.07, 6.45) is 4.24. The Morgan fingerprint density at radius 1 is 1.00 bits per heavy atom. The minimum absolute atomic E-state index is 0.175. The molecule has 1 fully saturated rings. The highest BCUT2D eigenvalue weighted by Gasteiger charge is 2.40. The molecule has 1 aliphatic rings. The second-order valence-electron chi connectivity index (χ2n) is 6.19. The zero-order chi connectivity index (χ0) is 17.6. The molecule has 2 rings (SSSR count). The minimum atomic E-state index is -1.07. The zero-order valence-electron chi connectivity index (χ0n) is 13.3. The fraction of sp³-hybridized carbons (Fsp3) is 0.471. The Kier molecular flexibility index (Phi) is 5.89. The molecule has 1 aromatic carbocycles. The molecule has 6 nitrogen and oxygen atoms in total. The van der Waals surface area contributed by atoms with E-state index in [1.54, 1.807) is 0 Å². The molecule has 0 heterocycles. The summed E-state index contributed by atoms with van der Waals surface area (Å²) in [6, 6.07) is 4.87. The van der Waals surface area contributed by atoms with Crippen LogP contribution in [0.15, 0.2) is 24.3 Å². The van der Waals surface area contributed by atoms with Crippen LogP contribution in [0.4, 0.5) is 4.39 Å². The van der Waals surface area contributed by atoms with Crippen LogP contribution in [0.5, 0.6) is 0 Å². The van der Waals surface area contributed by atoms with Crippen molar-refractivity contribution in [2.45, 2.75) is 44.9 Å². The third kappa shape index (κ3) is 4.53. The first-order chi connectivity index (χ1) is 11.4. The maximum atomic E-state index is 12.8. The van der Waals surface area contributed by atoms with Gasteiger partial charge >= 0.3 is 5.97 Å². The molecule has 0 spiro atoms. The molecule has 1 saturated carbocycles. The number of hydrogen-bond donors (Lipinski definition) is 3. The van der Waals surface area contributed by atoms with Crippen molar-refractivity contribution in [2.75, 3.05) is 0 Å². The molecule has 0 bridgehead atoms. The maximum absolute atomic E-state index is 12.8. The van der Waals surface area contributed by atoms with E-state index >= 15 is 0 Å². The van der Waals surface area contributed by atoms with Gasteiger partial charge in [0.25, 0.3) is 5.91 Å². The van der Waals surface area contributed by atoms with E-state index in [9.17, 15) is 23.9 Å². The third-order valence-electron chi connectivity index (χ3n) is 4.44. The zero-order valence-corrected chi connectivity index (χ0v) is 13.3. The summed E-state index contributed by atoms with van der Waals surface area (Å²) in [6.45, 7) is 0. The summed E-state index contributed by atoms with van der Waals surface area (Å²) >= 11 is 0. The quantitative estimate of drug-likeness (QED) is 0.581. The molecule has 0 unspecified atom stereocenters. The summed E-state index contributed by atoms with van der Waals surface area (Å²) in [4.78, 5) is 35.6. The first-order valence-corrected chi connectivity index (χ1v) is 8.01. The molecule has 1 aliphatic carbocycles. The molecule has 3 N–H and O–H groups in total. The molecule has 1 aromatic rings. The number of nitrogens with one attached hydrogen (secondary N) is 2. The Hall–Kier alpha value is -2.44. The molecular formula is C17H21FN2O4. The van der Waals surface area contributed by atoms with Crippen molar-refractivity contribution in [3.05, 3.63) is 35.6 Å². The van der Waals surface area contributed by atoms with Crippen LogP contribution in [-0.4, -0.2) is 22.9 Å². The van der Waals surface area contributed by atoms with E-state index in [4.69, 9.17) is 0 Å². The highest BCUT2D eigenvalue weighted by molar-refractivity contribution is 5.95. The van der Waals surface area contributed by atoms with Gasteiger partial charge in [-0.1, -0.05) is 25.7 Å². The highest BCUT2D eigenvalue weighted by Crippen LogP contribution is 2.38. The summed E-state index contributed by atoms with van der Waals surface area (Å²) < 4.78 is 12.8. The van der Waals surface area contributed by atoms with Gasteiger partial charge in [-0.15, -0.1) is 0 Å². The Morgan fingerprint density at radius 3 is 2.12 bits per heavy atom. The van der Waals surface area contributed by atoms with E-state index in [1.165, 1.54) is 12.1 Å². The minimum Gasteiger partial charge on any atom is -0.481 e. The Bertz CT molecular complexity index is 608. The van der Waals surface area contributed by atoms with Gasteiger partial charge in [0.1, 0.15) is 5.82 Å². The molecule has 130 valence electrons. The topological polar surface area (TPSA) is 95.5 Å². The lowest BCUT2D eigenvalue weighted by molar-refractivity contribution is -0.153. The van der Waals surface area contributed by atoms with Gasteiger partial charge in [0.2, 0.25) is 5.91 Å². The number of amides is 2. The number of carbonyl (C=O) groups excluding carboxylic acids is 2. The molecule has 0 atom stereocenters. The molecule has 0 radical (unpaired) electrons. The standard InChI is InChI=1S/C17H21FN2O4/c18-13-7-5-12(6-8-13)15(22)20-19-14(21)11-17(16(23)24)9-3-1-2-4-10-17/h5-8H,1-4,9-11H2,(H,19,21)(H,20,22)(H,23,24). The van der Waals surface area contributed by atoms with E-state index in [0.29, 0.717) is 12.8 Å². The highest BCUT2D eigenvalue weighted by atomic mass is 19.1. The van der Waals surface area contributed by atoms with Crippen LogP contribution in [0, 0.1) is 11.2 Å². The van der Waals surface area contributed by atoms with E-state index in [2.05, 4.69) is 10.9 Å². The molecule has 0 saturated heterocycles. The van der Waals surface area contributed by atoms with Crippen LogP contribution < -0.4 is 10.9 Å². The molecule has 7 heteroatoms. The molecule has 2 amide bonds. The predicted molar refractivity (Wildman–Crippen MR) is 84.4 cm³/mol. The lowest BCUT2D eigenvalue weighted by Gasteiger charge is -2.27. The predicted octanol–water partition coefficient (Wildman–Crippen LogP) is 2.40. The number of carboxylic acids is 1. The van der Waals surface area contributed by atoms with Crippen LogP contribution in [0.3, 0.4) is 0 Å². The fourth-order valence-electron chi connectivity index (χ4n) is 3.02. The molecule has 24 heavy (non-hydrogen) atoms. The smallest absolute Gasteiger partial charge is 0.310 e. The first kappa shape index (κ1) is 17.9. The van der Waals surface area contributed by atoms with Crippen LogP contribution in [0.2, 0.25) is 0 Å². The van der Waals surface area contributed by atoms with E-state index in [-0.39, 0.29) is 12.0 Å². The average molecular weight is 336 g/mol. The fourth-order valence-corrected chi connectivity index (χ4v) is 3.02. The largest absolute Gasteiger partial charge is 0.481 e. The van der Waals surface area contributed by atoms with Crippen molar-refractivity contribution < 1.29 is 23.9 Å². The lowest BCUT2D eigenvalue weighted by atomic mass is 9.77. The molecule has 0 aromatic heterocycles. The summed E-state index contributed by atoms with van der Waals surface area (Å²) in [7, 11) is 0. The van der Waals surface area contributed by atoms with Crippen molar-refractivity contribution in [2.24, 2.45) is 5.41 Å². The number of carbonyl (C=O) groups is 3. The van der Waals surface area contributed by atoms with Gasteiger partial charge < -0.3 is 5.11 Å². The van der Waals surface area contributed by atoms with Crippen molar-refractivity contribution in [3.63, 3.8) is 0 Å². The van der Waals surface area contributed by atoms with Crippen LogP contribution in [0.1, 0.15) is 55.3 Å². The van der Waals surface area contributed by atoms with Crippen LogP contribution in [0.25, 0.3) is 0 Å². The SMILES string of the molecule is O=C(CC1(C(=O)O)CCCCCC1)NNC(=O)c1ccc(F)cc1. The van der Waals surface area contributed by atoms with Gasteiger partial charge in [-0.2, -0.15) is 0 Å². The van der Waals surface area contributed by atoms with Gasteiger partial charge in [-0.3, -0.25) is 25.2 Å². The summed E-state index contributed by atoms with van der Waals surface area (Å²) in [5.74, 6) is -2.57. The van der Waals surface area contributed by atoms with Crippen molar-refractivity contribution in [3.8, 4) is 0 Å². The Balaban J connectivity index is 1.92. The number of rotatable bonds is 4. The van der Waals surface area contributed by atoms with Gasteiger partial charge in [0.15, 0.2) is 0 Å². The van der Waals surface area contributed by atoms with Gasteiger partial charge in [0.05, 0.1) is 5.41 Å². The number of carboxylic acid groups (broad SMARTS) is 1. The second kappa shape index (κ2) is 7.90. The van der Waals surface area contributed by atoms with E-state index < -0.39 is 29.0 Å². The number of aliphatic carboxylic acids is 1. The van der Waals surface area contributed by atoms with Crippen LogP contribution >= 0.6 is 0 Å². The lowest BCUT2D eigenvalue weighted by Crippen LogP contribution is -2.45. The molecule has 0 aliphatic heterocycles. The Morgan fingerprint density at radius 2 is 1.58 bits per heavy atom. The van der Waals surface area contributed by atoms with E-state index in [0.717, 1.165) is 37.8 Å². The van der Waals surface area contributed by atoms with Crippen molar-refractivity contribution in [1.29, 1.82) is 0 Å². The van der Waals surface area contributed by atoms with Crippen molar-refractivity contribution >= 4 is 17.8 Å². The average Bonchev–Trinajstić information content (AvgIpc) is 2.80. The summed E-state index contributed by atoms with van der Waals surface area (Å²) in [5.41, 5.74) is 3.60. The van der Waals surface area contributed by atoms with Gasteiger partial charge in [-0.25, -0.2) is 4.39 Å². The van der Waals surface area contributed by atoms with E-state index in [1.807, 2.05) is 0 Å². The number of hydrazine groups is 1. The number of hydrogen-bond acceptors (Lipinski definition) is 3. The first-order valence-electron chi connectivity index (χ1n) is 8.01. The Labute approximate surface area is 139 Å². The second-order valence-corrected chi connectivity index (χ2v) is 6.19. The monoisotopic (exact) mass is 336 g/mol. The van der Waals surface area contributed by atoms with Crippen molar-refractivity contribution in [1.82, 2.24) is 10.9 Å². The number of halogens is 1. The summed E-state index contributed by atoms with van der Waals surface area (Å²) in [5, 5.41) is 9.54. The number of benzene rings is 1. The molecular weight excluding hydrogens is 315 g/mol. The third-order valence-corrected chi connectivity index (χ3v) is 4.44. The van der Waals surface area contributed by atoms with Crippen LogP contribution in [-0.2, 0) is 9.59 Å². The van der Waals surface area contributed by atoms with Gasteiger partial charge in [0, 0.05) is 12.0 Å². The maximum Gasteiger partial charge on any atom is 0.310 e. The normalized spacial score (nSPS) is 16.7. The van der Waals surface area contributed by atoms with Gasteiger partial charge in [-0.05, 0) is 37.1 Å².